The highest BCUT2D eigenvalue weighted by Gasteiger charge is 2.00. The van der Waals surface area contributed by atoms with E-state index < -0.39 is 0 Å². The first-order valence-corrected chi connectivity index (χ1v) is 4.16. The van der Waals surface area contributed by atoms with Gasteiger partial charge in [0.05, 0.1) is 0 Å². The quantitative estimate of drug-likeness (QED) is 0.713. The fourth-order valence-electron chi connectivity index (χ4n) is 1.05. The van der Waals surface area contributed by atoms with E-state index in [1.807, 2.05) is 26.2 Å². The van der Waals surface area contributed by atoms with Gasteiger partial charge in [-0.1, -0.05) is 17.7 Å². The predicted molar refractivity (Wildman–Crippen MR) is 53.3 cm³/mol. The highest BCUT2D eigenvalue weighted by atomic mass is 35.5. The molecule has 2 nitrogen and oxygen atoms in total. The fourth-order valence-corrected chi connectivity index (χ4v) is 1.23. The van der Waals surface area contributed by atoms with Gasteiger partial charge in [0.15, 0.2) is 0 Å². The van der Waals surface area contributed by atoms with E-state index in [1.165, 1.54) is 0 Å². The summed E-state index contributed by atoms with van der Waals surface area (Å²) in [6.07, 6.45) is 0. The Morgan fingerprint density at radius 2 is 2.08 bits per heavy atom. The number of nitrogen functional groups attached to an aromatic ring is 1. The molecule has 1 aromatic rings. The van der Waals surface area contributed by atoms with Crippen molar-refractivity contribution in [3.63, 3.8) is 0 Å². The molecule has 0 unspecified atom stereocenters. The average molecular weight is 185 g/mol. The van der Waals surface area contributed by atoms with Crippen molar-refractivity contribution in [2.45, 2.75) is 6.54 Å². The highest BCUT2D eigenvalue weighted by molar-refractivity contribution is 6.30. The maximum Gasteiger partial charge on any atom is 0.0426 e. The van der Waals surface area contributed by atoms with E-state index in [0.29, 0.717) is 5.02 Å². The first-order valence-electron chi connectivity index (χ1n) is 3.78. The van der Waals surface area contributed by atoms with Gasteiger partial charge in [-0.2, -0.15) is 0 Å². The summed E-state index contributed by atoms with van der Waals surface area (Å²) >= 11 is 5.76. The Balaban J connectivity index is 2.86. The molecule has 0 fully saturated rings. The molecule has 0 amide bonds. The SMILES string of the molecule is CN(C)Cc1ccc(Cl)cc1N. The monoisotopic (exact) mass is 184 g/mol. The third-order valence-corrected chi connectivity index (χ3v) is 1.83. The Morgan fingerprint density at radius 1 is 1.42 bits per heavy atom. The summed E-state index contributed by atoms with van der Waals surface area (Å²) in [6.45, 7) is 0.850. The second-order valence-electron chi connectivity index (χ2n) is 3.08. The van der Waals surface area contributed by atoms with Gasteiger partial charge in [-0.15, -0.1) is 0 Å². The van der Waals surface area contributed by atoms with Crippen molar-refractivity contribution >= 4 is 17.3 Å². The van der Waals surface area contributed by atoms with Crippen molar-refractivity contribution in [1.29, 1.82) is 0 Å². The first-order chi connectivity index (χ1) is 5.59. The molecule has 0 saturated heterocycles. The predicted octanol–water partition coefficient (Wildman–Crippen LogP) is 1.98. The van der Waals surface area contributed by atoms with E-state index in [-0.39, 0.29) is 0 Å². The molecule has 0 aliphatic heterocycles. The minimum Gasteiger partial charge on any atom is -0.398 e. The Bertz CT molecular complexity index is 271. The molecule has 0 heterocycles. The van der Waals surface area contributed by atoms with Gasteiger partial charge in [0.1, 0.15) is 0 Å². The smallest absolute Gasteiger partial charge is 0.0426 e. The number of benzene rings is 1. The lowest BCUT2D eigenvalue weighted by molar-refractivity contribution is 0.403. The van der Waals surface area contributed by atoms with Gasteiger partial charge in [-0.3, -0.25) is 0 Å². The van der Waals surface area contributed by atoms with Crippen LogP contribution in [0.4, 0.5) is 5.69 Å². The molecular weight excluding hydrogens is 172 g/mol. The topological polar surface area (TPSA) is 29.3 Å². The normalized spacial score (nSPS) is 10.7. The lowest BCUT2D eigenvalue weighted by Gasteiger charge is -2.11. The lowest BCUT2D eigenvalue weighted by Crippen LogP contribution is -2.12. The molecule has 1 aromatic carbocycles. The van der Waals surface area contributed by atoms with Crippen LogP contribution in [0.1, 0.15) is 5.56 Å². The highest BCUT2D eigenvalue weighted by Crippen LogP contribution is 2.18. The van der Waals surface area contributed by atoms with Crippen LogP contribution >= 0.6 is 11.6 Å². The van der Waals surface area contributed by atoms with Crippen molar-refractivity contribution in [1.82, 2.24) is 4.90 Å². The van der Waals surface area contributed by atoms with Crippen molar-refractivity contribution in [2.75, 3.05) is 19.8 Å². The standard InChI is InChI=1S/C9H13ClN2/c1-12(2)6-7-3-4-8(10)5-9(7)11/h3-5H,6,11H2,1-2H3. The largest absolute Gasteiger partial charge is 0.398 e. The van der Waals surface area contributed by atoms with Crippen LogP contribution in [-0.2, 0) is 6.54 Å². The molecule has 0 aliphatic carbocycles. The molecule has 0 atom stereocenters. The van der Waals surface area contributed by atoms with Crippen LogP contribution < -0.4 is 5.73 Å². The van der Waals surface area contributed by atoms with Crippen molar-refractivity contribution in [3.05, 3.63) is 28.8 Å². The minimum atomic E-state index is 0.690. The van der Waals surface area contributed by atoms with Gasteiger partial charge in [-0.05, 0) is 31.8 Å². The van der Waals surface area contributed by atoms with Gasteiger partial charge >= 0.3 is 0 Å². The molecule has 1 rings (SSSR count). The second kappa shape index (κ2) is 3.78. The van der Waals surface area contributed by atoms with E-state index in [1.54, 1.807) is 6.07 Å². The Hall–Kier alpha value is -0.730. The molecule has 0 radical (unpaired) electrons. The average Bonchev–Trinajstić information content (AvgIpc) is 1.94. The summed E-state index contributed by atoms with van der Waals surface area (Å²) in [5.74, 6) is 0. The zero-order chi connectivity index (χ0) is 9.14. The molecular formula is C9H13ClN2. The number of hydrogen-bond acceptors (Lipinski definition) is 2. The number of anilines is 1. The van der Waals surface area contributed by atoms with Crippen LogP contribution in [0.2, 0.25) is 5.02 Å². The first kappa shape index (κ1) is 9.36. The third-order valence-electron chi connectivity index (χ3n) is 1.59. The number of hydrogen-bond donors (Lipinski definition) is 1. The zero-order valence-electron chi connectivity index (χ0n) is 7.34. The van der Waals surface area contributed by atoms with Crippen LogP contribution in [0.15, 0.2) is 18.2 Å². The summed E-state index contributed by atoms with van der Waals surface area (Å²) in [7, 11) is 4.02. The van der Waals surface area contributed by atoms with Gasteiger partial charge < -0.3 is 10.6 Å². The van der Waals surface area contributed by atoms with Gasteiger partial charge in [0, 0.05) is 17.3 Å². The third kappa shape index (κ3) is 2.40. The van der Waals surface area contributed by atoms with E-state index in [4.69, 9.17) is 17.3 Å². The van der Waals surface area contributed by atoms with Crippen LogP contribution in [0, 0.1) is 0 Å². The van der Waals surface area contributed by atoms with Gasteiger partial charge in [0.2, 0.25) is 0 Å². The van der Waals surface area contributed by atoms with E-state index in [9.17, 15) is 0 Å². The van der Waals surface area contributed by atoms with Crippen LogP contribution in [-0.4, -0.2) is 19.0 Å². The molecule has 0 aliphatic rings. The van der Waals surface area contributed by atoms with E-state index >= 15 is 0 Å². The lowest BCUT2D eigenvalue weighted by atomic mass is 10.2. The van der Waals surface area contributed by atoms with Crippen LogP contribution in [0.25, 0.3) is 0 Å². The summed E-state index contributed by atoms with van der Waals surface area (Å²) in [6, 6.07) is 5.59. The summed E-state index contributed by atoms with van der Waals surface area (Å²) < 4.78 is 0. The van der Waals surface area contributed by atoms with Gasteiger partial charge in [-0.25, -0.2) is 0 Å². The molecule has 2 N–H and O–H groups in total. The fraction of sp³-hybridized carbons (Fsp3) is 0.333. The summed E-state index contributed by atoms with van der Waals surface area (Å²) in [5.41, 5.74) is 7.63. The van der Waals surface area contributed by atoms with E-state index in [2.05, 4.69) is 4.90 Å². The van der Waals surface area contributed by atoms with Crippen molar-refractivity contribution in [3.8, 4) is 0 Å². The maximum atomic E-state index is 5.76. The molecule has 0 bridgehead atoms. The van der Waals surface area contributed by atoms with Gasteiger partial charge in [0.25, 0.3) is 0 Å². The number of nitrogens with two attached hydrogens (primary N) is 1. The molecule has 3 heteroatoms. The molecule has 12 heavy (non-hydrogen) atoms. The summed E-state index contributed by atoms with van der Waals surface area (Å²) in [4.78, 5) is 2.07. The minimum absolute atomic E-state index is 0.690. The summed E-state index contributed by atoms with van der Waals surface area (Å²) in [5, 5.41) is 0.690. The number of rotatable bonds is 2. The molecule has 0 saturated carbocycles. The molecule has 0 spiro atoms. The second-order valence-corrected chi connectivity index (χ2v) is 3.52. The Morgan fingerprint density at radius 3 is 2.58 bits per heavy atom. The van der Waals surface area contributed by atoms with Crippen LogP contribution in [0.5, 0.6) is 0 Å². The van der Waals surface area contributed by atoms with Crippen LogP contribution in [0.3, 0.4) is 0 Å². The van der Waals surface area contributed by atoms with Crippen molar-refractivity contribution < 1.29 is 0 Å². The van der Waals surface area contributed by atoms with Crippen molar-refractivity contribution in [2.24, 2.45) is 0 Å². The molecule has 66 valence electrons. The Labute approximate surface area is 77.9 Å². The number of nitrogens with zero attached hydrogens (tertiary/aromatic N) is 1. The Kier molecular flexibility index (Phi) is 2.95. The van der Waals surface area contributed by atoms with E-state index in [0.717, 1.165) is 17.8 Å². The maximum absolute atomic E-state index is 5.76. The zero-order valence-corrected chi connectivity index (χ0v) is 8.10. The molecule has 0 aromatic heterocycles. The number of halogens is 1.